The summed E-state index contributed by atoms with van der Waals surface area (Å²) in [7, 11) is 1.38. The zero-order chi connectivity index (χ0) is 13.8. The molecule has 1 aromatic carbocycles. The molecule has 2 aromatic rings. The molecule has 0 unspecified atom stereocenters. The van der Waals surface area contributed by atoms with Crippen molar-refractivity contribution in [3.05, 3.63) is 45.4 Å². The Kier molecular flexibility index (Phi) is 4.16. The number of methoxy groups -OCH3 is 1. The molecule has 0 aliphatic rings. The van der Waals surface area contributed by atoms with Crippen molar-refractivity contribution in [1.82, 2.24) is 4.98 Å². The largest absolute Gasteiger partial charge is 0.465 e. The van der Waals surface area contributed by atoms with Gasteiger partial charge in [-0.2, -0.15) is 0 Å². The average molecular weight is 276 g/mol. The van der Waals surface area contributed by atoms with Crippen molar-refractivity contribution in [2.45, 2.75) is 20.4 Å². The van der Waals surface area contributed by atoms with Crippen molar-refractivity contribution in [1.29, 1.82) is 0 Å². The molecule has 2 rings (SSSR count). The summed E-state index contributed by atoms with van der Waals surface area (Å²) < 4.78 is 4.70. The van der Waals surface area contributed by atoms with E-state index in [0.717, 1.165) is 16.4 Å². The first-order valence-electron chi connectivity index (χ1n) is 5.95. The lowest BCUT2D eigenvalue weighted by Gasteiger charge is -2.07. The van der Waals surface area contributed by atoms with Crippen LogP contribution in [0.2, 0.25) is 0 Å². The van der Waals surface area contributed by atoms with E-state index >= 15 is 0 Å². The third-order valence-electron chi connectivity index (χ3n) is 2.74. The van der Waals surface area contributed by atoms with E-state index in [2.05, 4.69) is 10.3 Å². The second-order valence-corrected chi connectivity index (χ2v) is 5.46. The number of rotatable bonds is 4. The lowest BCUT2D eigenvalue weighted by atomic mass is 10.2. The maximum absolute atomic E-state index is 11.4. The van der Waals surface area contributed by atoms with Crippen molar-refractivity contribution >= 4 is 23.0 Å². The Morgan fingerprint density at radius 1 is 1.42 bits per heavy atom. The summed E-state index contributed by atoms with van der Waals surface area (Å²) >= 11 is 1.68. The van der Waals surface area contributed by atoms with Gasteiger partial charge in [-0.25, -0.2) is 9.78 Å². The van der Waals surface area contributed by atoms with Crippen LogP contribution in [0.25, 0.3) is 0 Å². The number of aryl methyl sites for hydroxylation is 2. The maximum Gasteiger partial charge on any atom is 0.337 e. The Labute approximate surface area is 116 Å². The topological polar surface area (TPSA) is 51.2 Å². The molecule has 4 nitrogen and oxygen atoms in total. The summed E-state index contributed by atoms with van der Waals surface area (Å²) in [6.07, 6.45) is 0. The number of nitrogens with zero attached hydrogens (tertiary/aromatic N) is 1. The minimum Gasteiger partial charge on any atom is -0.465 e. The molecule has 1 heterocycles. The van der Waals surface area contributed by atoms with Gasteiger partial charge in [0.05, 0.1) is 29.9 Å². The smallest absolute Gasteiger partial charge is 0.337 e. The Morgan fingerprint density at radius 2 is 2.21 bits per heavy atom. The first kappa shape index (κ1) is 13.5. The number of esters is 1. The Bertz CT molecular complexity index is 593. The quantitative estimate of drug-likeness (QED) is 0.872. The average Bonchev–Trinajstić information content (AvgIpc) is 2.74. The lowest BCUT2D eigenvalue weighted by Crippen LogP contribution is -2.03. The predicted molar refractivity (Wildman–Crippen MR) is 76.7 cm³/mol. The molecule has 0 atom stereocenters. The van der Waals surface area contributed by atoms with E-state index in [4.69, 9.17) is 4.74 Å². The van der Waals surface area contributed by atoms with Gasteiger partial charge in [-0.15, -0.1) is 11.3 Å². The second kappa shape index (κ2) is 5.84. The molecule has 0 saturated heterocycles. The van der Waals surface area contributed by atoms with Crippen LogP contribution in [0.3, 0.4) is 0 Å². The molecular weight excluding hydrogens is 260 g/mol. The summed E-state index contributed by atoms with van der Waals surface area (Å²) in [5.41, 5.74) is 2.50. The van der Waals surface area contributed by atoms with E-state index in [1.807, 2.05) is 26.0 Å². The molecule has 0 aliphatic heterocycles. The molecule has 0 fully saturated rings. The van der Waals surface area contributed by atoms with Crippen LogP contribution in [0, 0.1) is 13.8 Å². The molecule has 1 aromatic heterocycles. The SMILES string of the molecule is COC(=O)c1cccc(NCc2sc(C)nc2C)c1. The van der Waals surface area contributed by atoms with Gasteiger partial charge >= 0.3 is 5.97 Å². The van der Waals surface area contributed by atoms with Gasteiger partial charge in [0.25, 0.3) is 0 Å². The molecule has 0 spiro atoms. The minimum absolute atomic E-state index is 0.325. The summed E-state index contributed by atoms with van der Waals surface area (Å²) in [6, 6.07) is 7.28. The Morgan fingerprint density at radius 3 is 2.84 bits per heavy atom. The number of carbonyl (C=O) groups is 1. The Hall–Kier alpha value is -1.88. The van der Waals surface area contributed by atoms with Gasteiger partial charge in [-0.3, -0.25) is 0 Å². The number of anilines is 1. The maximum atomic E-state index is 11.4. The van der Waals surface area contributed by atoms with Crippen LogP contribution in [0.4, 0.5) is 5.69 Å². The molecule has 19 heavy (non-hydrogen) atoms. The zero-order valence-electron chi connectivity index (χ0n) is 11.2. The second-order valence-electron chi connectivity index (χ2n) is 4.17. The number of carbonyl (C=O) groups excluding carboxylic acids is 1. The van der Waals surface area contributed by atoms with E-state index in [9.17, 15) is 4.79 Å². The number of ether oxygens (including phenoxy) is 1. The van der Waals surface area contributed by atoms with Gasteiger partial charge in [0, 0.05) is 10.6 Å². The van der Waals surface area contributed by atoms with E-state index < -0.39 is 0 Å². The van der Waals surface area contributed by atoms with Crippen LogP contribution in [0.5, 0.6) is 0 Å². The first-order chi connectivity index (χ1) is 9.10. The normalized spacial score (nSPS) is 10.3. The van der Waals surface area contributed by atoms with Crippen molar-refractivity contribution < 1.29 is 9.53 Å². The van der Waals surface area contributed by atoms with Gasteiger partial charge in [0.1, 0.15) is 0 Å². The minimum atomic E-state index is -0.325. The molecule has 5 heteroatoms. The molecule has 1 N–H and O–H groups in total. The first-order valence-corrected chi connectivity index (χ1v) is 6.77. The predicted octanol–water partition coefficient (Wildman–Crippen LogP) is 3.16. The molecule has 100 valence electrons. The van der Waals surface area contributed by atoms with Crippen LogP contribution in [0.15, 0.2) is 24.3 Å². The number of hydrogen-bond acceptors (Lipinski definition) is 5. The molecule has 0 bridgehead atoms. The van der Waals surface area contributed by atoms with Crippen LogP contribution in [0.1, 0.15) is 25.9 Å². The number of hydrogen-bond donors (Lipinski definition) is 1. The highest BCUT2D eigenvalue weighted by molar-refractivity contribution is 7.11. The van der Waals surface area contributed by atoms with Crippen LogP contribution < -0.4 is 5.32 Å². The van der Waals surface area contributed by atoms with E-state index in [1.165, 1.54) is 12.0 Å². The van der Waals surface area contributed by atoms with E-state index in [0.29, 0.717) is 12.1 Å². The summed E-state index contributed by atoms with van der Waals surface area (Å²) in [4.78, 5) is 17.0. The number of nitrogens with one attached hydrogen (secondary N) is 1. The van der Waals surface area contributed by atoms with Crippen molar-refractivity contribution in [2.75, 3.05) is 12.4 Å². The zero-order valence-corrected chi connectivity index (χ0v) is 12.0. The van der Waals surface area contributed by atoms with Gasteiger partial charge in [-0.1, -0.05) is 6.07 Å². The van der Waals surface area contributed by atoms with Crippen LogP contribution in [-0.4, -0.2) is 18.1 Å². The van der Waals surface area contributed by atoms with E-state index in [-0.39, 0.29) is 5.97 Å². The summed E-state index contributed by atoms with van der Waals surface area (Å²) in [5, 5.41) is 4.36. The number of thiazole rings is 1. The molecule has 0 saturated carbocycles. The highest BCUT2D eigenvalue weighted by Gasteiger charge is 2.07. The Balaban J connectivity index is 2.07. The fourth-order valence-corrected chi connectivity index (χ4v) is 2.67. The van der Waals surface area contributed by atoms with E-state index in [1.54, 1.807) is 23.5 Å². The van der Waals surface area contributed by atoms with Crippen molar-refractivity contribution in [2.24, 2.45) is 0 Å². The summed E-state index contributed by atoms with van der Waals surface area (Å²) in [6.45, 7) is 4.71. The molecular formula is C14H16N2O2S. The third kappa shape index (κ3) is 3.32. The fourth-order valence-electron chi connectivity index (χ4n) is 1.79. The van der Waals surface area contributed by atoms with Gasteiger partial charge in [0.2, 0.25) is 0 Å². The van der Waals surface area contributed by atoms with Crippen LogP contribution >= 0.6 is 11.3 Å². The highest BCUT2D eigenvalue weighted by Crippen LogP contribution is 2.19. The van der Waals surface area contributed by atoms with Crippen molar-refractivity contribution in [3.63, 3.8) is 0 Å². The lowest BCUT2D eigenvalue weighted by molar-refractivity contribution is 0.0601. The molecule has 0 amide bonds. The highest BCUT2D eigenvalue weighted by atomic mass is 32.1. The van der Waals surface area contributed by atoms with Gasteiger partial charge in [0.15, 0.2) is 0 Å². The third-order valence-corrected chi connectivity index (χ3v) is 3.81. The fraction of sp³-hybridized carbons (Fsp3) is 0.286. The van der Waals surface area contributed by atoms with Crippen molar-refractivity contribution in [3.8, 4) is 0 Å². The summed E-state index contributed by atoms with van der Waals surface area (Å²) in [5.74, 6) is -0.325. The number of aromatic nitrogens is 1. The van der Waals surface area contributed by atoms with Gasteiger partial charge in [-0.05, 0) is 32.0 Å². The van der Waals surface area contributed by atoms with Gasteiger partial charge < -0.3 is 10.1 Å². The molecule has 0 radical (unpaired) electrons. The standard InChI is InChI=1S/C14H16N2O2S/c1-9-13(19-10(2)16-9)8-15-12-6-4-5-11(7-12)14(17)18-3/h4-7,15H,8H2,1-3H3. The number of benzene rings is 1. The van der Waals surface area contributed by atoms with Crippen LogP contribution in [-0.2, 0) is 11.3 Å². The monoisotopic (exact) mass is 276 g/mol. The molecule has 0 aliphatic carbocycles.